The Balaban J connectivity index is 1.79. The molecule has 172 valence electrons. The molecule has 1 aliphatic rings. The topological polar surface area (TPSA) is 77.9 Å². The highest BCUT2D eigenvalue weighted by atomic mass is 35.5. The first-order chi connectivity index (χ1) is 15.0. The molecule has 1 aliphatic heterocycles. The van der Waals surface area contributed by atoms with Crippen molar-refractivity contribution in [2.75, 3.05) is 13.1 Å². The highest BCUT2D eigenvalue weighted by Crippen LogP contribution is 2.27. The van der Waals surface area contributed by atoms with E-state index in [1.165, 1.54) is 4.31 Å². The number of carbonyl (C=O) groups is 1. The van der Waals surface area contributed by atoms with Crippen molar-refractivity contribution < 1.29 is 18.3 Å². The van der Waals surface area contributed by atoms with Crippen LogP contribution in [0.15, 0.2) is 59.7 Å². The first-order valence-corrected chi connectivity index (χ1v) is 12.3. The number of rotatable bonds is 6. The molecular weight excluding hydrogens is 448 g/mol. The Kier molecular flexibility index (Phi) is 7.32. The third kappa shape index (κ3) is 5.52. The van der Waals surface area contributed by atoms with Crippen molar-refractivity contribution in [3.8, 4) is 0 Å². The van der Waals surface area contributed by atoms with Crippen LogP contribution in [0.4, 0.5) is 0 Å². The van der Waals surface area contributed by atoms with Gasteiger partial charge in [-0.05, 0) is 61.7 Å². The van der Waals surface area contributed by atoms with Crippen LogP contribution >= 0.6 is 11.6 Å². The number of allylic oxidation sites excluding steroid dienone is 1. The Bertz CT molecular complexity index is 1100. The molecule has 1 saturated heterocycles. The third-order valence-corrected chi connectivity index (χ3v) is 7.91. The average molecular weight is 477 g/mol. The summed E-state index contributed by atoms with van der Waals surface area (Å²) in [6.07, 6.45) is 0.442. The summed E-state index contributed by atoms with van der Waals surface area (Å²) in [5.74, 6) is -0.0594. The van der Waals surface area contributed by atoms with Crippen molar-refractivity contribution in [3.63, 3.8) is 0 Å². The molecule has 0 aromatic heterocycles. The number of carbonyl (C=O) groups excluding carboxylic acids is 1. The molecule has 2 aromatic carbocycles. The van der Waals surface area contributed by atoms with Gasteiger partial charge in [0.25, 0.3) is 0 Å². The Labute approximate surface area is 195 Å². The van der Waals surface area contributed by atoms with Crippen molar-refractivity contribution in [1.82, 2.24) is 9.21 Å². The Morgan fingerprint density at radius 2 is 1.66 bits per heavy atom. The number of aryl methyl sites for hydroxylation is 1. The molecule has 1 fully saturated rings. The number of aliphatic hydroxyl groups is 1. The van der Waals surface area contributed by atoms with Crippen LogP contribution in [0.25, 0.3) is 0 Å². The van der Waals surface area contributed by atoms with Gasteiger partial charge in [-0.15, -0.1) is 0 Å². The van der Waals surface area contributed by atoms with Gasteiger partial charge in [-0.25, -0.2) is 8.42 Å². The molecule has 2 atom stereocenters. The molecule has 2 aromatic rings. The van der Waals surface area contributed by atoms with E-state index in [4.69, 9.17) is 11.6 Å². The fourth-order valence-electron chi connectivity index (χ4n) is 4.31. The smallest absolute Gasteiger partial charge is 0.243 e. The van der Waals surface area contributed by atoms with Gasteiger partial charge >= 0.3 is 0 Å². The van der Waals surface area contributed by atoms with Gasteiger partial charge in [0.1, 0.15) is 0 Å². The summed E-state index contributed by atoms with van der Waals surface area (Å²) in [6, 6.07) is 11.4. The van der Waals surface area contributed by atoms with E-state index in [9.17, 15) is 18.3 Å². The number of aliphatic hydroxyl groups excluding tert-OH is 1. The van der Waals surface area contributed by atoms with Crippen molar-refractivity contribution in [1.29, 1.82) is 0 Å². The summed E-state index contributed by atoms with van der Waals surface area (Å²) < 4.78 is 28.5. The number of hydrogen-bond acceptors (Lipinski definition) is 4. The lowest BCUT2D eigenvalue weighted by Crippen LogP contribution is -2.59. The van der Waals surface area contributed by atoms with Gasteiger partial charge in [0, 0.05) is 36.6 Å². The Morgan fingerprint density at radius 1 is 1.06 bits per heavy atom. The largest absolute Gasteiger partial charge is 0.513 e. The molecule has 32 heavy (non-hydrogen) atoms. The van der Waals surface area contributed by atoms with Crippen LogP contribution in [0.2, 0.25) is 5.02 Å². The SMILES string of the molecule is C=C(O)Cc1cc(C)cc(S(=O)(=O)N2[C@H](C)CN(C(=O)Cc3ccc(Cl)cc3)C[C@@H]2C)c1. The number of hydrogen-bond donors (Lipinski definition) is 1. The van der Waals surface area contributed by atoms with Crippen LogP contribution in [0.3, 0.4) is 0 Å². The van der Waals surface area contributed by atoms with Crippen molar-refractivity contribution in [2.45, 2.75) is 50.6 Å². The van der Waals surface area contributed by atoms with E-state index >= 15 is 0 Å². The quantitative estimate of drug-likeness (QED) is 0.636. The molecule has 1 heterocycles. The van der Waals surface area contributed by atoms with Crippen LogP contribution < -0.4 is 0 Å². The third-order valence-electron chi connectivity index (χ3n) is 5.55. The second-order valence-electron chi connectivity index (χ2n) is 8.53. The van der Waals surface area contributed by atoms with Gasteiger partial charge in [0.05, 0.1) is 17.1 Å². The summed E-state index contributed by atoms with van der Waals surface area (Å²) in [4.78, 5) is 14.8. The predicted molar refractivity (Wildman–Crippen MR) is 126 cm³/mol. The summed E-state index contributed by atoms with van der Waals surface area (Å²) in [5.41, 5.74) is 2.35. The highest BCUT2D eigenvalue weighted by Gasteiger charge is 2.39. The van der Waals surface area contributed by atoms with Gasteiger partial charge in [-0.3, -0.25) is 4.79 Å². The number of benzene rings is 2. The van der Waals surface area contributed by atoms with E-state index in [1.54, 1.807) is 29.2 Å². The van der Waals surface area contributed by atoms with E-state index in [2.05, 4.69) is 6.58 Å². The summed E-state index contributed by atoms with van der Waals surface area (Å²) in [6.45, 7) is 9.60. The molecule has 8 heteroatoms. The molecular formula is C24H29ClN2O4S. The van der Waals surface area contributed by atoms with Crippen molar-refractivity contribution in [2.24, 2.45) is 0 Å². The van der Waals surface area contributed by atoms with Crippen LogP contribution in [0.1, 0.15) is 30.5 Å². The maximum absolute atomic E-state index is 13.5. The molecule has 0 unspecified atom stereocenters. The first kappa shape index (κ1) is 24.3. The molecule has 0 spiro atoms. The number of halogens is 1. The lowest BCUT2D eigenvalue weighted by atomic mass is 10.1. The zero-order valence-corrected chi connectivity index (χ0v) is 20.2. The number of piperazine rings is 1. The maximum atomic E-state index is 13.5. The Hall–Kier alpha value is -2.35. The molecule has 0 radical (unpaired) electrons. The second-order valence-corrected chi connectivity index (χ2v) is 10.8. The van der Waals surface area contributed by atoms with Gasteiger partial charge in [0.15, 0.2) is 0 Å². The van der Waals surface area contributed by atoms with Gasteiger partial charge < -0.3 is 10.0 Å². The molecule has 0 saturated carbocycles. The van der Waals surface area contributed by atoms with Gasteiger partial charge in [-0.1, -0.05) is 36.4 Å². The van der Waals surface area contributed by atoms with E-state index in [0.717, 1.165) is 11.1 Å². The molecule has 1 N–H and O–H groups in total. The Morgan fingerprint density at radius 3 is 2.22 bits per heavy atom. The average Bonchev–Trinajstić information content (AvgIpc) is 2.68. The van der Waals surface area contributed by atoms with E-state index < -0.39 is 10.0 Å². The number of amides is 1. The lowest BCUT2D eigenvalue weighted by Gasteiger charge is -2.43. The number of nitrogens with zero attached hydrogens (tertiary/aromatic N) is 2. The van der Waals surface area contributed by atoms with E-state index in [0.29, 0.717) is 23.7 Å². The lowest BCUT2D eigenvalue weighted by molar-refractivity contribution is -0.133. The normalized spacial score (nSPS) is 19.7. The monoisotopic (exact) mass is 476 g/mol. The van der Waals surface area contributed by atoms with E-state index in [-0.39, 0.29) is 41.5 Å². The molecule has 3 rings (SSSR count). The van der Waals surface area contributed by atoms with Gasteiger partial charge in [0.2, 0.25) is 15.9 Å². The summed E-state index contributed by atoms with van der Waals surface area (Å²) >= 11 is 5.91. The van der Waals surface area contributed by atoms with Gasteiger partial charge in [-0.2, -0.15) is 4.31 Å². The maximum Gasteiger partial charge on any atom is 0.243 e. The first-order valence-electron chi connectivity index (χ1n) is 10.5. The highest BCUT2D eigenvalue weighted by molar-refractivity contribution is 7.89. The molecule has 6 nitrogen and oxygen atoms in total. The zero-order chi connectivity index (χ0) is 23.6. The minimum Gasteiger partial charge on any atom is -0.513 e. The van der Waals surface area contributed by atoms with Crippen LogP contribution in [0.5, 0.6) is 0 Å². The minimum absolute atomic E-state index is 0.0199. The fourth-order valence-corrected chi connectivity index (χ4v) is 6.39. The van der Waals surface area contributed by atoms with Crippen molar-refractivity contribution >= 4 is 27.5 Å². The van der Waals surface area contributed by atoms with Crippen LogP contribution in [-0.4, -0.2) is 53.8 Å². The van der Waals surface area contributed by atoms with E-state index in [1.807, 2.05) is 39.0 Å². The second kappa shape index (κ2) is 9.65. The molecule has 0 aliphatic carbocycles. The fraction of sp³-hybridized carbons (Fsp3) is 0.375. The van der Waals surface area contributed by atoms with Crippen LogP contribution in [-0.2, 0) is 27.7 Å². The standard InChI is InChI=1S/C24H29ClN2O4S/c1-16-9-21(11-19(4)28)12-23(10-16)32(30,31)27-17(2)14-26(15-18(27)3)24(29)13-20-5-7-22(25)8-6-20/h5-10,12,17-18,28H,4,11,13-15H2,1-3H3/t17-,18+. The zero-order valence-electron chi connectivity index (χ0n) is 18.6. The summed E-state index contributed by atoms with van der Waals surface area (Å²) in [7, 11) is -3.78. The minimum atomic E-state index is -3.78. The van der Waals surface area contributed by atoms with Crippen LogP contribution in [0, 0.1) is 6.92 Å². The molecule has 0 bridgehead atoms. The summed E-state index contributed by atoms with van der Waals surface area (Å²) in [5, 5.41) is 10.1. The van der Waals surface area contributed by atoms with Crippen molar-refractivity contribution in [3.05, 3.63) is 76.5 Å². The number of sulfonamides is 1. The molecule has 1 amide bonds. The predicted octanol–water partition coefficient (Wildman–Crippen LogP) is 4.12.